The molecule has 0 fully saturated rings. The van der Waals surface area contributed by atoms with Crippen molar-refractivity contribution in [3.05, 3.63) is 47.8 Å². The second-order valence-corrected chi connectivity index (χ2v) is 5.26. The number of carbonyl (C=O) groups excluding carboxylic acids is 1. The first-order valence-electron chi connectivity index (χ1n) is 7.14. The molecule has 1 unspecified atom stereocenters. The molecule has 112 valence electrons. The average molecular weight is 286 g/mol. The molecule has 0 aliphatic rings. The van der Waals surface area contributed by atoms with Crippen molar-refractivity contribution in [2.75, 3.05) is 11.9 Å². The van der Waals surface area contributed by atoms with E-state index >= 15 is 0 Å². The maximum atomic E-state index is 12.1. The first kappa shape index (κ1) is 15.3. The van der Waals surface area contributed by atoms with Gasteiger partial charge in [0.05, 0.1) is 11.7 Å². The minimum Gasteiger partial charge on any atom is -0.325 e. The summed E-state index contributed by atoms with van der Waals surface area (Å²) in [5.74, 6) is -0.0279. The van der Waals surface area contributed by atoms with Crippen molar-refractivity contribution in [2.45, 2.75) is 26.3 Å². The van der Waals surface area contributed by atoms with Gasteiger partial charge in [-0.15, -0.1) is 0 Å². The molecule has 0 aliphatic carbocycles. The Bertz CT molecular complexity index is 589. The monoisotopic (exact) mass is 286 g/mol. The molecule has 0 radical (unpaired) electrons. The lowest BCUT2D eigenvalue weighted by Crippen LogP contribution is -2.39. The van der Waals surface area contributed by atoms with E-state index in [9.17, 15) is 4.79 Å². The van der Waals surface area contributed by atoms with Crippen LogP contribution in [0.4, 0.5) is 5.69 Å². The fourth-order valence-electron chi connectivity index (χ4n) is 1.99. The van der Waals surface area contributed by atoms with E-state index in [0.717, 1.165) is 24.3 Å². The predicted octanol–water partition coefficient (Wildman–Crippen LogP) is 1.89. The number of benzene rings is 1. The van der Waals surface area contributed by atoms with Crippen molar-refractivity contribution in [1.29, 1.82) is 0 Å². The lowest BCUT2D eigenvalue weighted by Gasteiger charge is -2.13. The minimum atomic E-state index is -0.241. The van der Waals surface area contributed by atoms with Gasteiger partial charge in [0.25, 0.3) is 0 Å². The number of nitrogens with zero attached hydrogens (tertiary/aromatic N) is 2. The molecule has 1 amide bonds. The first-order chi connectivity index (χ1) is 10.0. The molecule has 1 aromatic heterocycles. The summed E-state index contributed by atoms with van der Waals surface area (Å²) >= 11 is 0. The first-order valence-corrected chi connectivity index (χ1v) is 7.14. The van der Waals surface area contributed by atoms with E-state index in [1.54, 1.807) is 4.68 Å². The summed E-state index contributed by atoms with van der Waals surface area (Å²) < 4.78 is 1.78. The van der Waals surface area contributed by atoms with Gasteiger partial charge in [-0.25, -0.2) is 0 Å². The van der Waals surface area contributed by atoms with E-state index in [-0.39, 0.29) is 11.9 Å². The molecule has 0 spiro atoms. The second kappa shape index (κ2) is 7.04. The highest BCUT2D eigenvalue weighted by Gasteiger charge is 2.12. The maximum absolute atomic E-state index is 12.1. The van der Waals surface area contributed by atoms with Crippen LogP contribution in [-0.4, -0.2) is 28.3 Å². The molecule has 0 bridgehead atoms. The zero-order chi connectivity index (χ0) is 15.2. The number of aryl methyl sites for hydroxylation is 2. The Labute approximate surface area is 125 Å². The quantitative estimate of drug-likeness (QED) is 0.852. The van der Waals surface area contributed by atoms with E-state index in [1.807, 2.05) is 57.4 Å². The number of anilines is 1. The van der Waals surface area contributed by atoms with Crippen molar-refractivity contribution < 1.29 is 4.79 Å². The molecule has 2 N–H and O–H groups in total. The molecule has 21 heavy (non-hydrogen) atoms. The van der Waals surface area contributed by atoms with Gasteiger partial charge in [0.15, 0.2) is 0 Å². The highest BCUT2D eigenvalue weighted by Crippen LogP contribution is 2.08. The molecule has 0 aliphatic heterocycles. The van der Waals surface area contributed by atoms with Crippen LogP contribution in [0.3, 0.4) is 0 Å². The Balaban J connectivity index is 1.75. The van der Waals surface area contributed by atoms with Gasteiger partial charge >= 0.3 is 0 Å². The van der Waals surface area contributed by atoms with Crippen molar-refractivity contribution in [3.8, 4) is 0 Å². The van der Waals surface area contributed by atoms with Gasteiger partial charge in [-0.05, 0) is 32.0 Å². The van der Waals surface area contributed by atoms with Gasteiger partial charge in [0.2, 0.25) is 5.91 Å². The molecule has 0 saturated heterocycles. The third kappa shape index (κ3) is 4.72. The third-order valence-corrected chi connectivity index (χ3v) is 3.31. The number of amides is 1. The highest BCUT2D eigenvalue weighted by molar-refractivity contribution is 5.94. The smallest absolute Gasteiger partial charge is 0.241 e. The number of hydrogen-bond donors (Lipinski definition) is 2. The molecule has 2 aromatic rings. The predicted molar refractivity (Wildman–Crippen MR) is 84.2 cm³/mol. The van der Waals surface area contributed by atoms with E-state index in [0.29, 0.717) is 0 Å². The van der Waals surface area contributed by atoms with Crippen LogP contribution in [0.15, 0.2) is 36.5 Å². The molecular formula is C16H22N4O. The van der Waals surface area contributed by atoms with Crippen LogP contribution in [0.25, 0.3) is 0 Å². The van der Waals surface area contributed by atoms with Crippen molar-refractivity contribution in [2.24, 2.45) is 7.05 Å². The fourth-order valence-corrected chi connectivity index (χ4v) is 1.99. The third-order valence-electron chi connectivity index (χ3n) is 3.31. The molecule has 1 aromatic carbocycles. The Morgan fingerprint density at radius 3 is 2.62 bits per heavy atom. The zero-order valence-electron chi connectivity index (χ0n) is 12.8. The van der Waals surface area contributed by atoms with Crippen LogP contribution >= 0.6 is 0 Å². The SMILES string of the molecule is Cc1ccc(NC(=O)C(C)NCCc2ccn(C)n2)cc1. The van der Waals surface area contributed by atoms with E-state index in [4.69, 9.17) is 0 Å². The molecule has 1 heterocycles. The molecular weight excluding hydrogens is 264 g/mol. The lowest BCUT2D eigenvalue weighted by atomic mass is 10.2. The van der Waals surface area contributed by atoms with Crippen molar-refractivity contribution in [1.82, 2.24) is 15.1 Å². The van der Waals surface area contributed by atoms with Crippen LogP contribution in [-0.2, 0) is 18.3 Å². The summed E-state index contributed by atoms with van der Waals surface area (Å²) in [7, 11) is 1.90. The summed E-state index contributed by atoms with van der Waals surface area (Å²) in [6, 6.07) is 9.53. The number of rotatable bonds is 6. The summed E-state index contributed by atoms with van der Waals surface area (Å²) in [6.45, 7) is 4.61. The Hall–Kier alpha value is -2.14. The summed E-state index contributed by atoms with van der Waals surface area (Å²) in [5.41, 5.74) is 3.02. The summed E-state index contributed by atoms with van der Waals surface area (Å²) in [6.07, 6.45) is 2.73. The number of nitrogens with one attached hydrogen (secondary N) is 2. The molecule has 1 atom stereocenters. The topological polar surface area (TPSA) is 59.0 Å². The van der Waals surface area contributed by atoms with Crippen LogP contribution in [0.2, 0.25) is 0 Å². The Morgan fingerprint density at radius 2 is 2.00 bits per heavy atom. The maximum Gasteiger partial charge on any atom is 0.241 e. The van der Waals surface area contributed by atoms with E-state index in [1.165, 1.54) is 5.56 Å². The normalized spacial score (nSPS) is 12.1. The van der Waals surface area contributed by atoms with Crippen LogP contribution in [0.5, 0.6) is 0 Å². The lowest BCUT2D eigenvalue weighted by molar-refractivity contribution is -0.117. The second-order valence-electron chi connectivity index (χ2n) is 5.26. The molecule has 5 heteroatoms. The van der Waals surface area contributed by atoms with Gasteiger partial charge in [-0.3, -0.25) is 9.48 Å². The van der Waals surface area contributed by atoms with Crippen molar-refractivity contribution >= 4 is 11.6 Å². The molecule has 2 rings (SSSR count). The standard InChI is InChI=1S/C16H22N4O/c1-12-4-6-14(7-5-12)18-16(21)13(2)17-10-8-15-9-11-20(3)19-15/h4-7,9,11,13,17H,8,10H2,1-3H3,(H,18,21). The largest absolute Gasteiger partial charge is 0.325 e. The van der Waals surface area contributed by atoms with Crippen LogP contribution in [0.1, 0.15) is 18.2 Å². The fraction of sp³-hybridized carbons (Fsp3) is 0.375. The average Bonchev–Trinajstić information content (AvgIpc) is 2.87. The molecule has 0 saturated carbocycles. The number of hydrogen-bond acceptors (Lipinski definition) is 3. The van der Waals surface area contributed by atoms with Crippen LogP contribution < -0.4 is 10.6 Å². The zero-order valence-corrected chi connectivity index (χ0v) is 12.8. The minimum absolute atomic E-state index is 0.0279. The number of carbonyl (C=O) groups is 1. The Morgan fingerprint density at radius 1 is 1.29 bits per heavy atom. The van der Waals surface area contributed by atoms with Gasteiger partial charge in [0.1, 0.15) is 0 Å². The van der Waals surface area contributed by atoms with Crippen LogP contribution in [0, 0.1) is 6.92 Å². The van der Waals surface area contributed by atoms with Gasteiger partial charge < -0.3 is 10.6 Å². The molecule has 5 nitrogen and oxygen atoms in total. The van der Waals surface area contributed by atoms with E-state index in [2.05, 4.69) is 15.7 Å². The van der Waals surface area contributed by atoms with Gasteiger partial charge in [-0.1, -0.05) is 17.7 Å². The number of aromatic nitrogens is 2. The summed E-state index contributed by atoms with van der Waals surface area (Å²) in [4.78, 5) is 12.1. The Kier molecular flexibility index (Phi) is 5.11. The van der Waals surface area contributed by atoms with E-state index < -0.39 is 0 Å². The van der Waals surface area contributed by atoms with Crippen molar-refractivity contribution in [3.63, 3.8) is 0 Å². The van der Waals surface area contributed by atoms with Gasteiger partial charge in [0, 0.05) is 31.9 Å². The van der Waals surface area contributed by atoms with Gasteiger partial charge in [-0.2, -0.15) is 5.10 Å². The highest BCUT2D eigenvalue weighted by atomic mass is 16.2. The summed E-state index contributed by atoms with van der Waals surface area (Å²) in [5, 5.41) is 10.4.